The number of furan rings is 1. The lowest BCUT2D eigenvalue weighted by Crippen LogP contribution is -3.00. The van der Waals surface area contributed by atoms with Crippen LogP contribution in [0.2, 0.25) is 10.0 Å². The highest BCUT2D eigenvalue weighted by molar-refractivity contribution is 6.35. The average molecular weight is 410 g/mol. The van der Waals surface area contributed by atoms with Crippen molar-refractivity contribution in [3.05, 3.63) is 46.1 Å². The molecule has 1 aromatic carbocycles. The Labute approximate surface area is 165 Å². The monoisotopic (exact) mass is 408 g/mol. The first-order valence-electron chi connectivity index (χ1n) is 7.68. The molecular formula is C17H20Cl4N2O-2. The first-order valence-corrected chi connectivity index (χ1v) is 8.43. The lowest BCUT2D eigenvalue weighted by molar-refractivity contribution is -0.00100. The fraction of sp³-hybridized carbons (Fsp3) is 0.412. The van der Waals surface area contributed by atoms with Crippen LogP contribution in [0.1, 0.15) is 18.6 Å². The summed E-state index contributed by atoms with van der Waals surface area (Å²) in [6.07, 6.45) is 2.49. The zero-order valence-electron chi connectivity index (χ0n) is 13.1. The van der Waals surface area contributed by atoms with E-state index >= 15 is 0 Å². The van der Waals surface area contributed by atoms with Gasteiger partial charge in [0, 0.05) is 10.6 Å². The zero-order valence-corrected chi connectivity index (χ0v) is 16.2. The molecule has 24 heavy (non-hydrogen) atoms. The minimum Gasteiger partial charge on any atom is -1.00 e. The van der Waals surface area contributed by atoms with Crippen molar-refractivity contribution >= 4 is 23.2 Å². The van der Waals surface area contributed by atoms with E-state index in [9.17, 15) is 0 Å². The Morgan fingerprint density at radius 3 is 2.58 bits per heavy atom. The molecule has 0 amide bonds. The van der Waals surface area contributed by atoms with Crippen molar-refractivity contribution in [2.24, 2.45) is 5.92 Å². The Kier molecular flexibility index (Phi) is 9.50. The van der Waals surface area contributed by atoms with E-state index in [2.05, 4.69) is 10.6 Å². The van der Waals surface area contributed by atoms with Gasteiger partial charge in [-0.15, -0.1) is 0 Å². The molecule has 1 aromatic heterocycles. The summed E-state index contributed by atoms with van der Waals surface area (Å²) in [5.74, 6) is 2.43. The summed E-state index contributed by atoms with van der Waals surface area (Å²) in [7, 11) is 0. The molecular weight excluding hydrogens is 390 g/mol. The third-order valence-electron chi connectivity index (χ3n) is 4.05. The predicted octanol–water partition coefficient (Wildman–Crippen LogP) is -1.65. The second-order valence-electron chi connectivity index (χ2n) is 5.71. The molecule has 0 aliphatic carbocycles. The van der Waals surface area contributed by atoms with Crippen LogP contribution < -0.4 is 35.4 Å². The molecule has 134 valence electrons. The predicted molar refractivity (Wildman–Crippen MR) is 91.5 cm³/mol. The SMILES string of the molecule is Clc1ccc(Cl)c(-c2ccc(CNCC3CCNCC3)o2)c1.[Cl-].[Cl-]. The topological polar surface area (TPSA) is 37.2 Å². The van der Waals surface area contributed by atoms with Crippen LogP contribution in [0.15, 0.2) is 34.7 Å². The van der Waals surface area contributed by atoms with Gasteiger partial charge in [0.2, 0.25) is 0 Å². The molecule has 0 unspecified atom stereocenters. The van der Waals surface area contributed by atoms with Crippen molar-refractivity contribution in [2.45, 2.75) is 19.4 Å². The van der Waals surface area contributed by atoms with Crippen LogP contribution in [-0.4, -0.2) is 19.6 Å². The van der Waals surface area contributed by atoms with Gasteiger partial charge in [-0.05, 0) is 68.7 Å². The molecule has 0 spiro atoms. The van der Waals surface area contributed by atoms with Gasteiger partial charge in [0.15, 0.2) is 0 Å². The minimum atomic E-state index is 0. The Balaban J connectivity index is 0.00000144. The zero-order chi connectivity index (χ0) is 15.4. The van der Waals surface area contributed by atoms with E-state index in [0.29, 0.717) is 10.0 Å². The summed E-state index contributed by atoms with van der Waals surface area (Å²) in [5.41, 5.74) is 0.832. The quantitative estimate of drug-likeness (QED) is 0.621. The number of rotatable bonds is 5. The minimum absolute atomic E-state index is 0. The van der Waals surface area contributed by atoms with Gasteiger partial charge in [0.25, 0.3) is 0 Å². The molecule has 1 saturated heterocycles. The van der Waals surface area contributed by atoms with E-state index in [1.807, 2.05) is 18.2 Å². The second kappa shape index (κ2) is 10.5. The maximum absolute atomic E-state index is 6.21. The number of benzene rings is 1. The van der Waals surface area contributed by atoms with E-state index in [1.54, 1.807) is 12.1 Å². The molecule has 1 aliphatic heterocycles. The summed E-state index contributed by atoms with van der Waals surface area (Å²) in [6.45, 7) is 4.03. The van der Waals surface area contributed by atoms with Crippen molar-refractivity contribution in [3.63, 3.8) is 0 Å². The van der Waals surface area contributed by atoms with Gasteiger partial charge >= 0.3 is 0 Å². The van der Waals surface area contributed by atoms with Crippen LogP contribution in [0.5, 0.6) is 0 Å². The Morgan fingerprint density at radius 2 is 1.83 bits per heavy atom. The highest BCUT2D eigenvalue weighted by atomic mass is 35.5. The van der Waals surface area contributed by atoms with Crippen LogP contribution in [0, 0.1) is 5.92 Å². The summed E-state index contributed by atoms with van der Waals surface area (Å²) in [6, 6.07) is 9.32. The van der Waals surface area contributed by atoms with Crippen molar-refractivity contribution in [1.82, 2.24) is 10.6 Å². The van der Waals surface area contributed by atoms with Crippen molar-refractivity contribution in [2.75, 3.05) is 19.6 Å². The van der Waals surface area contributed by atoms with E-state index < -0.39 is 0 Å². The van der Waals surface area contributed by atoms with Crippen LogP contribution in [0.3, 0.4) is 0 Å². The number of hydrogen-bond donors (Lipinski definition) is 2. The summed E-state index contributed by atoms with van der Waals surface area (Å²) in [4.78, 5) is 0. The lowest BCUT2D eigenvalue weighted by Gasteiger charge is -2.22. The summed E-state index contributed by atoms with van der Waals surface area (Å²) in [5, 5.41) is 8.17. The average Bonchev–Trinajstić information content (AvgIpc) is 2.99. The maximum atomic E-state index is 6.21. The van der Waals surface area contributed by atoms with Crippen LogP contribution in [0.25, 0.3) is 11.3 Å². The third kappa shape index (κ3) is 5.83. The maximum Gasteiger partial charge on any atom is 0.135 e. The molecule has 2 N–H and O–H groups in total. The Morgan fingerprint density at radius 1 is 1.08 bits per heavy atom. The highest BCUT2D eigenvalue weighted by Gasteiger charge is 2.13. The fourth-order valence-electron chi connectivity index (χ4n) is 2.79. The summed E-state index contributed by atoms with van der Waals surface area (Å²) >= 11 is 12.2. The number of piperidine rings is 1. The molecule has 3 nitrogen and oxygen atoms in total. The third-order valence-corrected chi connectivity index (χ3v) is 4.61. The Bertz CT molecular complexity index is 627. The molecule has 1 aliphatic rings. The van der Waals surface area contributed by atoms with Gasteiger partial charge in [-0.1, -0.05) is 23.2 Å². The number of halogens is 4. The lowest BCUT2D eigenvalue weighted by atomic mass is 9.98. The molecule has 7 heteroatoms. The normalized spacial score (nSPS) is 14.8. The highest BCUT2D eigenvalue weighted by Crippen LogP contribution is 2.31. The molecule has 0 radical (unpaired) electrons. The molecule has 0 saturated carbocycles. The smallest absolute Gasteiger partial charge is 0.135 e. The largest absolute Gasteiger partial charge is 1.00 e. The Hall–Kier alpha value is -0.420. The molecule has 0 bridgehead atoms. The van der Waals surface area contributed by atoms with Gasteiger partial charge < -0.3 is 39.9 Å². The first kappa shape index (κ1) is 21.6. The van der Waals surface area contributed by atoms with Crippen molar-refractivity contribution in [1.29, 1.82) is 0 Å². The first-order chi connectivity index (χ1) is 10.7. The second-order valence-corrected chi connectivity index (χ2v) is 6.56. The van der Waals surface area contributed by atoms with Gasteiger partial charge in [-0.3, -0.25) is 0 Å². The number of nitrogens with one attached hydrogen (secondary N) is 2. The van der Waals surface area contributed by atoms with Crippen LogP contribution in [-0.2, 0) is 6.54 Å². The molecule has 0 atom stereocenters. The van der Waals surface area contributed by atoms with Gasteiger partial charge in [0.1, 0.15) is 11.5 Å². The van der Waals surface area contributed by atoms with Crippen LogP contribution in [0.4, 0.5) is 0 Å². The molecule has 1 fully saturated rings. The van der Waals surface area contributed by atoms with Crippen LogP contribution >= 0.6 is 23.2 Å². The summed E-state index contributed by atoms with van der Waals surface area (Å²) < 4.78 is 5.88. The van der Waals surface area contributed by atoms with Gasteiger partial charge in [0.05, 0.1) is 11.6 Å². The van der Waals surface area contributed by atoms with Gasteiger partial charge in [-0.2, -0.15) is 0 Å². The number of hydrogen-bond acceptors (Lipinski definition) is 3. The van der Waals surface area contributed by atoms with Crippen molar-refractivity contribution < 1.29 is 29.2 Å². The van der Waals surface area contributed by atoms with E-state index in [4.69, 9.17) is 27.6 Å². The van der Waals surface area contributed by atoms with Gasteiger partial charge in [-0.25, -0.2) is 0 Å². The van der Waals surface area contributed by atoms with Crippen molar-refractivity contribution in [3.8, 4) is 11.3 Å². The molecule has 2 aromatic rings. The van der Waals surface area contributed by atoms with E-state index in [0.717, 1.165) is 49.2 Å². The van der Waals surface area contributed by atoms with E-state index in [1.165, 1.54) is 12.8 Å². The molecule has 3 rings (SSSR count). The standard InChI is InChI=1S/C17H20Cl2N2O.2ClH/c18-13-1-3-16(19)15(9-13)17-4-2-14(22-17)11-21-10-12-5-7-20-8-6-12;;/h1-4,9,12,20-21H,5-8,10-11H2;2*1H/p-2. The van der Waals surface area contributed by atoms with E-state index in [-0.39, 0.29) is 24.8 Å². The fourth-order valence-corrected chi connectivity index (χ4v) is 3.17. The molecule has 2 heterocycles.